The number of benzene rings is 1. The Labute approximate surface area is 134 Å². The third-order valence-corrected chi connectivity index (χ3v) is 6.19. The summed E-state index contributed by atoms with van der Waals surface area (Å²) in [7, 11) is -7.04. The summed E-state index contributed by atoms with van der Waals surface area (Å²) in [6.45, 7) is 3.65. The van der Waals surface area contributed by atoms with E-state index in [9.17, 15) is 16.8 Å². The molecule has 1 rings (SSSR count). The van der Waals surface area contributed by atoms with E-state index in [-0.39, 0.29) is 20.8 Å². The minimum absolute atomic E-state index is 0.0189. The molecule has 0 aliphatic rings. The van der Waals surface area contributed by atoms with Gasteiger partial charge in [-0.25, -0.2) is 21.6 Å². The zero-order valence-electron chi connectivity index (χ0n) is 11.9. The minimum Gasteiger partial charge on any atom is -0.315 e. The highest BCUT2D eigenvalue weighted by Gasteiger charge is 2.19. The monoisotopic (exact) mass is 398 g/mol. The maximum absolute atomic E-state index is 12.1. The van der Waals surface area contributed by atoms with Crippen LogP contribution < -0.4 is 10.0 Å². The number of rotatable bonds is 8. The predicted molar refractivity (Wildman–Crippen MR) is 85.6 cm³/mol. The lowest BCUT2D eigenvalue weighted by Gasteiger charge is -2.10. The van der Waals surface area contributed by atoms with Crippen molar-refractivity contribution >= 4 is 35.8 Å². The first-order chi connectivity index (χ1) is 9.68. The van der Waals surface area contributed by atoms with E-state index in [1.54, 1.807) is 0 Å². The quantitative estimate of drug-likeness (QED) is 0.640. The molecule has 6 nitrogen and oxygen atoms in total. The molecular weight excluding hydrogens is 380 g/mol. The van der Waals surface area contributed by atoms with Gasteiger partial charge in [0.1, 0.15) is 0 Å². The lowest BCUT2D eigenvalue weighted by atomic mass is 10.4. The van der Waals surface area contributed by atoms with Gasteiger partial charge < -0.3 is 5.32 Å². The van der Waals surface area contributed by atoms with E-state index >= 15 is 0 Å². The molecule has 0 radical (unpaired) electrons. The van der Waals surface area contributed by atoms with Crippen LogP contribution in [0.1, 0.15) is 13.3 Å². The Balaban J connectivity index is 2.85. The molecule has 120 valence electrons. The zero-order valence-corrected chi connectivity index (χ0v) is 15.1. The first-order valence-corrected chi connectivity index (χ1v) is 10.5. The maximum atomic E-state index is 12.1. The van der Waals surface area contributed by atoms with Gasteiger partial charge in [-0.1, -0.05) is 6.92 Å². The van der Waals surface area contributed by atoms with Crippen LogP contribution in [0.3, 0.4) is 0 Å². The average molecular weight is 399 g/mol. The number of sulfone groups is 1. The van der Waals surface area contributed by atoms with Crippen molar-refractivity contribution < 1.29 is 16.8 Å². The fraction of sp³-hybridized carbons (Fsp3) is 0.500. The van der Waals surface area contributed by atoms with E-state index in [0.717, 1.165) is 19.2 Å². The molecule has 21 heavy (non-hydrogen) atoms. The number of nitrogens with one attached hydrogen (secondary N) is 2. The Morgan fingerprint density at radius 3 is 2.29 bits per heavy atom. The van der Waals surface area contributed by atoms with Crippen LogP contribution in [0.15, 0.2) is 32.5 Å². The summed E-state index contributed by atoms with van der Waals surface area (Å²) in [4.78, 5) is 0.0864. The molecule has 0 aliphatic carbocycles. The van der Waals surface area contributed by atoms with Crippen LogP contribution >= 0.6 is 15.9 Å². The molecule has 0 amide bonds. The van der Waals surface area contributed by atoms with Crippen molar-refractivity contribution in [1.29, 1.82) is 0 Å². The van der Waals surface area contributed by atoms with Crippen molar-refractivity contribution in [2.75, 3.05) is 25.9 Å². The summed E-state index contributed by atoms with van der Waals surface area (Å²) in [6, 6.07) is 3.85. The third-order valence-electron chi connectivity index (χ3n) is 2.64. The second kappa shape index (κ2) is 7.68. The highest BCUT2D eigenvalue weighted by Crippen LogP contribution is 2.25. The molecule has 0 saturated heterocycles. The molecule has 0 bridgehead atoms. The standard InChI is InChI=1S/C12H19BrN2O4S2/c1-3-6-14-7-8-15-21(18,19)12-5-4-10(9-11(12)13)20(2,16)17/h4-5,9,14-15H,3,6-8H2,1-2H3. The Morgan fingerprint density at radius 1 is 1.10 bits per heavy atom. The summed E-state index contributed by atoms with van der Waals surface area (Å²) in [6.07, 6.45) is 2.05. The Hall–Kier alpha value is -0.480. The second-order valence-corrected chi connectivity index (χ2v) is 9.12. The van der Waals surface area contributed by atoms with Crippen LogP contribution in [-0.4, -0.2) is 42.7 Å². The summed E-state index contributed by atoms with van der Waals surface area (Å²) in [5.41, 5.74) is 0. The van der Waals surface area contributed by atoms with Crippen molar-refractivity contribution in [3.8, 4) is 0 Å². The zero-order chi connectivity index (χ0) is 16.1. The smallest absolute Gasteiger partial charge is 0.241 e. The first kappa shape index (κ1) is 18.6. The molecule has 2 N–H and O–H groups in total. The van der Waals surface area contributed by atoms with Gasteiger partial charge in [-0.3, -0.25) is 0 Å². The molecule has 0 unspecified atom stereocenters. The van der Waals surface area contributed by atoms with Gasteiger partial charge in [0, 0.05) is 23.8 Å². The van der Waals surface area contributed by atoms with Crippen LogP contribution in [0.25, 0.3) is 0 Å². The average Bonchev–Trinajstić information content (AvgIpc) is 2.37. The van der Waals surface area contributed by atoms with E-state index in [0.29, 0.717) is 6.54 Å². The summed E-state index contributed by atoms with van der Waals surface area (Å²) in [5, 5.41) is 3.08. The summed E-state index contributed by atoms with van der Waals surface area (Å²) >= 11 is 3.11. The van der Waals surface area contributed by atoms with Gasteiger partial charge in [-0.2, -0.15) is 0 Å². The predicted octanol–water partition coefficient (Wildman–Crippen LogP) is 1.13. The van der Waals surface area contributed by atoms with Crippen LogP contribution in [-0.2, 0) is 19.9 Å². The highest BCUT2D eigenvalue weighted by molar-refractivity contribution is 9.10. The van der Waals surface area contributed by atoms with Crippen molar-refractivity contribution in [2.24, 2.45) is 0 Å². The molecule has 0 aromatic heterocycles. The topological polar surface area (TPSA) is 92.3 Å². The van der Waals surface area contributed by atoms with E-state index < -0.39 is 19.9 Å². The lowest BCUT2D eigenvalue weighted by Crippen LogP contribution is -2.32. The number of sulfonamides is 1. The van der Waals surface area contributed by atoms with Crippen molar-refractivity contribution in [1.82, 2.24) is 10.0 Å². The lowest BCUT2D eigenvalue weighted by molar-refractivity contribution is 0.574. The first-order valence-electron chi connectivity index (χ1n) is 6.38. The van der Waals surface area contributed by atoms with Crippen LogP contribution in [0, 0.1) is 0 Å². The molecule has 0 heterocycles. The number of hydrogen-bond acceptors (Lipinski definition) is 5. The van der Waals surface area contributed by atoms with E-state index in [4.69, 9.17) is 0 Å². The molecule has 0 atom stereocenters. The Morgan fingerprint density at radius 2 is 1.76 bits per heavy atom. The highest BCUT2D eigenvalue weighted by atomic mass is 79.9. The van der Waals surface area contributed by atoms with Crippen LogP contribution in [0.2, 0.25) is 0 Å². The van der Waals surface area contributed by atoms with Gasteiger partial charge >= 0.3 is 0 Å². The summed E-state index contributed by atoms with van der Waals surface area (Å²) < 4.78 is 49.8. The van der Waals surface area contributed by atoms with Crippen molar-refractivity contribution in [2.45, 2.75) is 23.1 Å². The molecule has 0 aliphatic heterocycles. The number of halogens is 1. The Kier molecular flexibility index (Phi) is 6.79. The van der Waals surface area contributed by atoms with Gasteiger partial charge in [0.2, 0.25) is 10.0 Å². The number of hydrogen-bond donors (Lipinski definition) is 2. The van der Waals surface area contributed by atoms with Gasteiger partial charge in [-0.15, -0.1) is 0 Å². The van der Waals surface area contributed by atoms with E-state index in [1.807, 2.05) is 6.92 Å². The fourth-order valence-electron chi connectivity index (χ4n) is 1.58. The summed E-state index contributed by atoms with van der Waals surface area (Å²) in [5.74, 6) is 0. The SMILES string of the molecule is CCCNCCNS(=O)(=O)c1ccc(S(C)(=O)=O)cc1Br. The van der Waals surface area contributed by atoms with E-state index in [2.05, 4.69) is 26.0 Å². The Bertz CT molecular complexity index is 687. The largest absolute Gasteiger partial charge is 0.315 e. The van der Waals surface area contributed by atoms with Gasteiger partial charge in [0.05, 0.1) is 9.79 Å². The molecule has 0 saturated carbocycles. The normalized spacial score (nSPS) is 12.5. The molecular formula is C12H19BrN2O4S2. The molecule has 9 heteroatoms. The molecule has 1 aromatic rings. The van der Waals surface area contributed by atoms with Gasteiger partial charge in [-0.05, 0) is 47.1 Å². The van der Waals surface area contributed by atoms with Crippen LogP contribution in [0.4, 0.5) is 0 Å². The fourth-order valence-corrected chi connectivity index (χ4v) is 4.49. The van der Waals surface area contributed by atoms with Crippen LogP contribution in [0.5, 0.6) is 0 Å². The molecule has 1 aromatic carbocycles. The van der Waals surface area contributed by atoms with Crippen molar-refractivity contribution in [3.05, 3.63) is 22.7 Å². The molecule has 0 fully saturated rings. The van der Waals surface area contributed by atoms with Gasteiger partial charge in [0.15, 0.2) is 9.84 Å². The van der Waals surface area contributed by atoms with Gasteiger partial charge in [0.25, 0.3) is 0 Å². The minimum atomic E-state index is -3.67. The maximum Gasteiger partial charge on any atom is 0.241 e. The second-order valence-electron chi connectivity index (χ2n) is 4.51. The van der Waals surface area contributed by atoms with E-state index in [1.165, 1.54) is 18.2 Å². The third kappa shape index (κ3) is 5.67. The molecule has 0 spiro atoms. The van der Waals surface area contributed by atoms with Crippen molar-refractivity contribution in [3.63, 3.8) is 0 Å².